The van der Waals surface area contributed by atoms with Crippen molar-refractivity contribution >= 4 is 27.7 Å². The lowest BCUT2D eigenvalue weighted by atomic mass is 9.97. The van der Waals surface area contributed by atoms with Crippen molar-refractivity contribution in [2.75, 3.05) is 13.1 Å². The number of hydrogen-bond acceptors (Lipinski definition) is 4. The molecule has 2 aromatic carbocycles. The highest BCUT2D eigenvalue weighted by Crippen LogP contribution is 2.35. The van der Waals surface area contributed by atoms with Crippen LogP contribution in [0.15, 0.2) is 76.3 Å². The minimum Gasteiger partial charge on any atom is -0.349 e. The van der Waals surface area contributed by atoms with Gasteiger partial charge in [-0.2, -0.15) is 17.5 Å². The maximum absolute atomic E-state index is 13.4. The van der Waals surface area contributed by atoms with Crippen LogP contribution in [0.3, 0.4) is 0 Å². The minimum absolute atomic E-state index is 0.0102. The van der Waals surface area contributed by atoms with Crippen molar-refractivity contribution in [2.45, 2.75) is 49.7 Å². The number of nitrogens with one attached hydrogen (secondary N) is 1. The van der Waals surface area contributed by atoms with Crippen LogP contribution in [0.25, 0.3) is 5.57 Å². The van der Waals surface area contributed by atoms with Crippen molar-refractivity contribution in [1.82, 2.24) is 9.62 Å². The first-order valence-electron chi connectivity index (χ1n) is 12.6. The second kappa shape index (κ2) is 11.1. The zero-order chi connectivity index (χ0) is 28.4. The van der Waals surface area contributed by atoms with Crippen molar-refractivity contribution in [3.63, 3.8) is 0 Å². The number of sulfonamides is 1. The Labute approximate surface area is 225 Å². The number of carbonyl (C=O) groups excluding carboxylic acids is 1. The molecule has 4 rings (SSSR count). The van der Waals surface area contributed by atoms with Gasteiger partial charge in [-0.15, -0.1) is 0 Å². The molecule has 2 unspecified atom stereocenters. The Hall–Kier alpha value is -3.31. The summed E-state index contributed by atoms with van der Waals surface area (Å²) in [5, 5.41) is 2.80. The number of allylic oxidation sites excluding steroid dienone is 3. The highest BCUT2D eigenvalue weighted by molar-refractivity contribution is 7.89. The van der Waals surface area contributed by atoms with Crippen molar-refractivity contribution in [3.05, 3.63) is 83.3 Å². The number of rotatable bonds is 7. The zero-order valence-electron chi connectivity index (χ0n) is 21.5. The van der Waals surface area contributed by atoms with Crippen LogP contribution in [0.1, 0.15) is 44.2 Å². The summed E-state index contributed by atoms with van der Waals surface area (Å²) in [5.41, 5.74) is -0.384. The van der Waals surface area contributed by atoms with Crippen LogP contribution in [-0.4, -0.2) is 43.5 Å². The van der Waals surface area contributed by atoms with Crippen molar-refractivity contribution in [2.24, 2.45) is 10.9 Å². The summed E-state index contributed by atoms with van der Waals surface area (Å²) in [4.78, 5) is 17.7. The number of halogens is 4. The Morgan fingerprint density at radius 3 is 2.41 bits per heavy atom. The van der Waals surface area contributed by atoms with E-state index in [9.17, 15) is 30.8 Å². The Balaban J connectivity index is 1.53. The molecule has 1 amide bonds. The molecule has 11 heteroatoms. The molecule has 208 valence electrons. The number of alkyl halides is 3. The van der Waals surface area contributed by atoms with Gasteiger partial charge in [-0.3, -0.25) is 9.79 Å². The van der Waals surface area contributed by atoms with Crippen LogP contribution in [0.4, 0.5) is 17.6 Å². The van der Waals surface area contributed by atoms with E-state index in [-0.39, 0.29) is 23.9 Å². The number of amides is 1. The van der Waals surface area contributed by atoms with E-state index in [4.69, 9.17) is 0 Å². The minimum atomic E-state index is -4.44. The summed E-state index contributed by atoms with van der Waals surface area (Å²) in [6, 6.07) is 9.31. The quantitative estimate of drug-likeness (QED) is 0.447. The Bertz CT molecular complexity index is 1420. The SMILES string of the molecule is CCC1C=NC(CNC(=O)C2(C)CCCN2S(=O)(=O)c2ccc(F)cc2)=CC(c2ccc(C(F)(F)F)cc2)=C1. The second-order valence-electron chi connectivity index (χ2n) is 9.77. The molecule has 6 nitrogen and oxygen atoms in total. The lowest BCUT2D eigenvalue weighted by Gasteiger charge is -2.33. The predicted molar refractivity (Wildman–Crippen MR) is 141 cm³/mol. The maximum Gasteiger partial charge on any atom is 0.416 e. The summed E-state index contributed by atoms with van der Waals surface area (Å²) in [7, 11) is -4.05. The molecule has 0 saturated carbocycles. The molecule has 2 atom stereocenters. The number of nitrogens with zero attached hydrogens (tertiary/aromatic N) is 2. The lowest BCUT2D eigenvalue weighted by molar-refractivity contribution is -0.137. The van der Waals surface area contributed by atoms with E-state index in [1.807, 2.05) is 13.0 Å². The number of carbonyl (C=O) groups is 1. The molecule has 2 aromatic rings. The van der Waals surface area contributed by atoms with Crippen LogP contribution < -0.4 is 5.32 Å². The first-order chi connectivity index (χ1) is 18.3. The molecule has 0 radical (unpaired) electrons. The van der Waals surface area contributed by atoms with E-state index < -0.39 is 39.0 Å². The van der Waals surface area contributed by atoms with Gasteiger partial charge in [0.05, 0.1) is 22.7 Å². The van der Waals surface area contributed by atoms with E-state index in [0.29, 0.717) is 29.7 Å². The number of hydrogen-bond donors (Lipinski definition) is 1. The molecule has 0 aromatic heterocycles. The number of benzene rings is 2. The van der Waals surface area contributed by atoms with Crippen molar-refractivity contribution < 1.29 is 30.8 Å². The summed E-state index contributed by atoms with van der Waals surface area (Å²) in [5.74, 6) is -1.13. The van der Waals surface area contributed by atoms with Gasteiger partial charge in [0.25, 0.3) is 0 Å². The maximum atomic E-state index is 13.4. The van der Waals surface area contributed by atoms with Gasteiger partial charge < -0.3 is 5.32 Å². The Morgan fingerprint density at radius 2 is 1.79 bits per heavy atom. The van der Waals surface area contributed by atoms with Crippen LogP contribution >= 0.6 is 0 Å². The summed E-state index contributed by atoms with van der Waals surface area (Å²) >= 11 is 0. The Kier molecular flexibility index (Phi) is 8.13. The largest absolute Gasteiger partial charge is 0.416 e. The van der Waals surface area contributed by atoms with Gasteiger partial charge in [0.1, 0.15) is 11.4 Å². The van der Waals surface area contributed by atoms with Crippen LogP contribution in [0, 0.1) is 11.7 Å². The molecule has 2 heterocycles. The standard InChI is InChI=1S/C28H29F4N3O3S/c1-3-19-15-21(20-5-7-22(8-6-20)28(30,31)32)16-24(33-17-19)18-34-26(36)27(2)13-4-14-35(27)39(37,38)25-11-9-23(29)10-12-25/h5-12,15-17,19H,3-4,13-14,18H2,1-2H3,(H,34,36). The third kappa shape index (κ3) is 6.14. The van der Waals surface area contributed by atoms with Crippen LogP contribution in [0.5, 0.6) is 0 Å². The molecule has 1 fully saturated rings. The van der Waals surface area contributed by atoms with Gasteiger partial charge in [0.15, 0.2) is 0 Å². The van der Waals surface area contributed by atoms with Gasteiger partial charge in [-0.25, -0.2) is 12.8 Å². The van der Waals surface area contributed by atoms with E-state index in [1.165, 1.54) is 24.3 Å². The molecule has 0 aliphatic carbocycles. The van der Waals surface area contributed by atoms with Crippen LogP contribution in [0.2, 0.25) is 0 Å². The second-order valence-corrected chi connectivity index (χ2v) is 11.6. The third-order valence-corrected chi connectivity index (χ3v) is 9.09. The first kappa shape index (κ1) is 28.7. The molecular weight excluding hydrogens is 534 g/mol. The molecule has 1 N–H and O–H groups in total. The summed E-state index contributed by atoms with van der Waals surface area (Å²) in [6.45, 7) is 3.65. The fraction of sp³-hybridized carbons (Fsp3) is 0.357. The molecule has 0 bridgehead atoms. The highest BCUT2D eigenvalue weighted by atomic mass is 32.2. The Morgan fingerprint density at radius 1 is 1.13 bits per heavy atom. The predicted octanol–water partition coefficient (Wildman–Crippen LogP) is 5.58. The normalized spacial score (nSPS) is 22.3. The average Bonchev–Trinajstić information content (AvgIpc) is 3.19. The van der Waals surface area contributed by atoms with Crippen molar-refractivity contribution in [1.29, 1.82) is 0 Å². The molecule has 1 saturated heterocycles. The average molecular weight is 564 g/mol. The van der Waals surface area contributed by atoms with E-state index in [0.717, 1.165) is 35.0 Å². The fourth-order valence-corrected chi connectivity index (χ4v) is 6.54. The highest BCUT2D eigenvalue weighted by Gasteiger charge is 2.49. The summed E-state index contributed by atoms with van der Waals surface area (Å²) < 4.78 is 80.1. The lowest BCUT2D eigenvalue weighted by Crippen LogP contribution is -2.55. The molecule has 0 spiro atoms. The van der Waals surface area contributed by atoms with Gasteiger partial charge in [-0.1, -0.05) is 25.1 Å². The fourth-order valence-electron chi connectivity index (χ4n) is 4.73. The smallest absolute Gasteiger partial charge is 0.349 e. The monoisotopic (exact) mass is 563 g/mol. The third-order valence-electron chi connectivity index (χ3n) is 7.06. The summed E-state index contributed by atoms with van der Waals surface area (Å²) in [6.07, 6.45) is 2.40. The van der Waals surface area contributed by atoms with Gasteiger partial charge in [0.2, 0.25) is 15.9 Å². The first-order valence-corrected chi connectivity index (χ1v) is 14.0. The van der Waals surface area contributed by atoms with Gasteiger partial charge >= 0.3 is 6.18 Å². The zero-order valence-corrected chi connectivity index (χ0v) is 22.3. The van der Waals surface area contributed by atoms with E-state index in [2.05, 4.69) is 10.3 Å². The number of aliphatic imine (C=N–C) groups is 1. The molecule has 39 heavy (non-hydrogen) atoms. The van der Waals surface area contributed by atoms with Crippen LogP contribution in [-0.2, 0) is 21.0 Å². The van der Waals surface area contributed by atoms with E-state index >= 15 is 0 Å². The molecule has 2 aliphatic heterocycles. The molecule has 2 aliphatic rings. The van der Waals surface area contributed by atoms with E-state index in [1.54, 1.807) is 19.2 Å². The van der Waals surface area contributed by atoms with Gasteiger partial charge in [0, 0.05) is 18.7 Å². The topological polar surface area (TPSA) is 78.8 Å². The molecular formula is C28H29F4N3O3S. The van der Waals surface area contributed by atoms with Gasteiger partial charge in [-0.05, 0) is 79.8 Å². The van der Waals surface area contributed by atoms with Crippen molar-refractivity contribution in [3.8, 4) is 0 Å².